The maximum atomic E-state index is 13.3. The zero-order valence-electron chi connectivity index (χ0n) is 18.0. The molecule has 1 aromatic carbocycles. The number of pyridine rings is 1. The van der Waals surface area contributed by atoms with Gasteiger partial charge in [0.1, 0.15) is 11.5 Å². The molecule has 1 saturated carbocycles. The number of halogens is 3. The molecule has 2 aromatic rings. The lowest BCUT2D eigenvalue weighted by Gasteiger charge is -2.45. The summed E-state index contributed by atoms with van der Waals surface area (Å²) in [4.78, 5) is 16.4. The van der Waals surface area contributed by atoms with Crippen LogP contribution in [0.1, 0.15) is 37.7 Å². The van der Waals surface area contributed by atoms with E-state index < -0.39 is 17.4 Å². The fourth-order valence-corrected chi connectivity index (χ4v) is 4.47. The third kappa shape index (κ3) is 3.96. The summed E-state index contributed by atoms with van der Waals surface area (Å²) in [7, 11) is 3.49. The van der Waals surface area contributed by atoms with E-state index in [0.717, 1.165) is 50.1 Å². The van der Waals surface area contributed by atoms with Gasteiger partial charge < -0.3 is 16.4 Å². The van der Waals surface area contributed by atoms with Crippen molar-refractivity contribution >= 4 is 23.4 Å². The summed E-state index contributed by atoms with van der Waals surface area (Å²) in [6.07, 6.45) is 1.10. The van der Waals surface area contributed by atoms with E-state index in [-0.39, 0.29) is 11.9 Å². The Balaban J connectivity index is 1.74. The molecule has 10 heteroatoms. The number of anilines is 2. The molecule has 2 aliphatic rings. The minimum absolute atomic E-state index is 0.169. The van der Waals surface area contributed by atoms with E-state index in [1.165, 1.54) is 0 Å². The van der Waals surface area contributed by atoms with Crippen molar-refractivity contribution in [2.24, 2.45) is 21.5 Å². The van der Waals surface area contributed by atoms with Gasteiger partial charge in [0.25, 0.3) is 0 Å². The van der Waals surface area contributed by atoms with Crippen LogP contribution in [0.25, 0.3) is 11.1 Å². The molecule has 4 rings (SSSR count). The van der Waals surface area contributed by atoms with E-state index in [9.17, 15) is 13.2 Å². The zero-order chi connectivity index (χ0) is 23.1. The molecule has 2 heterocycles. The molecule has 0 amide bonds. The van der Waals surface area contributed by atoms with Crippen LogP contribution in [-0.2, 0) is 6.18 Å². The van der Waals surface area contributed by atoms with Gasteiger partial charge in [-0.25, -0.2) is 9.98 Å². The van der Waals surface area contributed by atoms with Crippen molar-refractivity contribution < 1.29 is 13.2 Å². The second-order valence-electron chi connectivity index (χ2n) is 8.35. The SMILES string of the molecule is CN(C)c1ncc(C(F)(F)F)cc1-c1ccc(N2C(N)=NC(N)=NC23CCCCC3)cc1. The summed E-state index contributed by atoms with van der Waals surface area (Å²) in [6.45, 7) is 0. The lowest BCUT2D eigenvalue weighted by molar-refractivity contribution is -0.137. The molecule has 7 nitrogen and oxygen atoms in total. The van der Waals surface area contributed by atoms with Crippen LogP contribution in [0.4, 0.5) is 24.7 Å². The fourth-order valence-electron chi connectivity index (χ4n) is 4.47. The Morgan fingerprint density at radius 2 is 1.69 bits per heavy atom. The lowest BCUT2D eigenvalue weighted by Crippen LogP contribution is -2.58. The molecule has 1 spiro atoms. The van der Waals surface area contributed by atoms with E-state index in [4.69, 9.17) is 11.5 Å². The highest BCUT2D eigenvalue weighted by atomic mass is 19.4. The van der Waals surface area contributed by atoms with Gasteiger partial charge in [-0.3, -0.25) is 4.90 Å². The molecule has 0 atom stereocenters. The van der Waals surface area contributed by atoms with Gasteiger partial charge in [-0.2, -0.15) is 18.2 Å². The molecule has 4 N–H and O–H groups in total. The maximum Gasteiger partial charge on any atom is 0.417 e. The molecule has 170 valence electrons. The summed E-state index contributed by atoms with van der Waals surface area (Å²) in [5.41, 5.74) is 12.6. The van der Waals surface area contributed by atoms with Crippen LogP contribution >= 0.6 is 0 Å². The first-order valence-electron chi connectivity index (χ1n) is 10.5. The molecule has 0 radical (unpaired) electrons. The van der Waals surface area contributed by atoms with E-state index in [2.05, 4.69) is 15.0 Å². The summed E-state index contributed by atoms with van der Waals surface area (Å²) in [6, 6.07) is 8.31. The van der Waals surface area contributed by atoms with E-state index >= 15 is 0 Å². The minimum atomic E-state index is -4.48. The first-order valence-corrected chi connectivity index (χ1v) is 10.5. The van der Waals surface area contributed by atoms with Gasteiger partial charge in [0.2, 0.25) is 11.9 Å². The Morgan fingerprint density at radius 3 is 2.28 bits per heavy atom. The van der Waals surface area contributed by atoms with Gasteiger partial charge >= 0.3 is 6.18 Å². The molecular formula is C22H26F3N7. The van der Waals surface area contributed by atoms with Crippen molar-refractivity contribution in [2.45, 2.75) is 43.9 Å². The second-order valence-corrected chi connectivity index (χ2v) is 8.35. The molecule has 0 unspecified atom stereocenters. The Hall–Kier alpha value is -3.30. The van der Waals surface area contributed by atoms with Crippen LogP contribution < -0.4 is 21.3 Å². The van der Waals surface area contributed by atoms with E-state index in [0.29, 0.717) is 16.9 Å². The molecule has 0 bridgehead atoms. The van der Waals surface area contributed by atoms with E-state index in [1.807, 2.05) is 17.0 Å². The summed E-state index contributed by atoms with van der Waals surface area (Å²) in [5, 5.41) is 0. The number of nitrogens with two attached hydrogens (primary N) is 2. The van der Waals surface area contributed by atoms with Crippen LogP contribution in [-0.4, -0.2) is 36.7 Å². The van der Waals surface area contributed by atoms with Gasteiger partial charge in [-0.1, -0.05) is 18.6 Å². The number of benzene rings is 1. The van der Waals surface area contributed by atoms with Gasteiger partial charge in [-0.05, 0) is 49.4 Å². The van der Waals surface area contributed by atoms with E-state index in [1.54, 1.807) is 31.1 Å². The third-order valence-corrected chi connectivity index (χ3v) is 5.91. The largest absolute Gasteiger partial charge is 0.417 e. The Morgan fingerprint density at radius 1 is 1.03 bits per heavy atom. The summed E-state index contributed by atoms with van der Waals surface area (Å²) >= 11 is 0. The van der Waals surface area contributed by atoms with Crippen LogP contribution in [0, 0.1) is 0 Å². The Bertz CT molecular complexity index is 1050. The third-order valence-electron chi connectivity index (χ3n) is 5.91. The monoisotopic (exact) mass is 445 g/mol. The Labute approximate surface area is 184 Å². The molecular weight excluding hydrogens is 419 g/mol. The predicted octanol–water partition coefficient (Wildman–Crippen LogP) is 3.94. The number of aliphatic imine (C=N–C) groups is 2. The highest BCUT2D eigenvalue weighted by Crippen LogP contribution is 2.41. The Kier molecular flexibility index (Phi) is 5.47. The lowest BCUT2D eigenvalue weighted by atomic mass is 9.87. The van der Waals surface area contributed by atoms with Crippen molar-refractivity contribution in [1.29, 1.82) is 0 Å². The van der Waals surface area contributed by atoms with Crippen LogP contribution in [0.5, 0.6) is 0 Å². The molecule has 1 fully saturated rings. The standard InChI is InChI=1S/C22H26F3N7/c1-31(2)18-17(12-15(13-28-18)22(23,24)25)14-6-8-16(9-7-14)32-20(27)29-19(26)30-21(32)10-4-3-5-11-21/h6-9,12-13H,3-5,10-11H2,1-2H3,(H4,26,27,29,30). The molecule has 0 saturated heterocycles. The highest BCUT2D eigenvalue weighted by molar-refractivity contribution is 6.05. The smallest absolute Gasteiger partial charge is 0.369 e. The molecule has 1 aromatic heterocycles. The van der Waals surface area contributed by atoms with Crippen molar-refractivity contribution in [1.82, 2.24) is 4.98 Å². The van der Waals surface area contributed by atoms with Crippen LogP contribution in [0.15, 0.2) is 46.5 Å². The van der Waals surface area contributed by atoms with Gasteiger partial charge in [-0.15, -0.1) is 0 Å². The van der Waals surface area contributed by atoms with Crippen LogP contribution in [0.3, 0.4) is 0 Å². The highest BCUT2D eigenvalue weighted by Gasteiger charge is 2.42. The number of hydrogen-bond acceptors (Lipinski definition) is 7. The normalized spacial score (nSPS) is 18.3. The second kappa shape index (κ2) is 7.99. The van der Waals surface area contributed by atoms with Crippen molar-refractivity contribution in [3.05, 3.63) is 42.1 Å². The summed E-state index contributed by atoms with van der Waals surface area (Å²) in [5.74, 6) is 0.885. The minimum Gasteiger partial charge on any atom is -0.369 e. The molecule has 32 heavy (non-hydrogen) atoms. The topological polar surface area (TPSA) is 96.1 Å². The molecule has 1 aliphatic heterocycles. The average molecular weight is 445 g/mol. The van der Waals surface area contributed by atoms with Gasteiger partial charge in [0.15, 0.2) is 0 Å². The average Bonchev–Trinajstić information content (AvgIpc) is 2.73. The number of rotatable bonds is 3. The van der Waals surface area contributed by atoms with Crippen molar-refractivity contribution in [3.63, 3.8) is 0 Å². The van der Waals surface area contributed by atoms with Gasteiger partial charge in [0.05, 0.1) is 5.56 Å². The van der Waals surface area contributed by atoms with Crippen molar-refractivity contribution in [2.75, 3.05) is 23.9 Å². The van der Waals surface area contributed by atoms with Gasteiger partial charge in [0, 0.05) is 31.5 Å². The molecule has 1 aliphatic carbocycles. The number of nitrogens with zero attached hydrogens (tertiary/aromatic N) is 5. The van der Waals surface area contributed by atoms with Crippen molar-refractivity contribution in [3.8, 4) is 11.1 Å². The number of aromatic nitrogens is 1. The quantitative estimate of drug-likeness (QED) is 0.746. The number of guanidine groups is 2. The maximum absolute atomic E-state index is 13.3. The number of hydrogen-bond donors (Lipinski definition) is 2. The zero-order valence-corrected chi connectivity index (χ0v) is 18.0. The number of alkyl halides is 3. The summed E-state index contributed by atoms with van der Waals surface area (Å²) < 4.78 is 39.9. The first kappa shape index (κ1) is 21.9. The fraction of sp³-hybridized carbons (Fsp3) is 0.409. The predicted molar refractivity (Wildman–Crippen MR) is 121 cm³/mol. The first-order chi connectivity index (χ1) is 15.1. The van der Waals surface area contributed by atoms with Crippen LogP contribution in [0.2, 0.25) is 0 Å².